The fourth-order valence-electron chi connectivity index (χ4n) is 1.95. The standard InChI is InChI=1S/C12H22N4O3/c1-4-5-16-8-9(6-11(16)18)14-10(17)7-13-12(19)15(2)3/h9H,4-8H2,1-3H3,(H,13,19)(H,14,17)/t9-/m0/s1. The molecule has 0 aromatic heterocycles. The van der Waals surface area contributed by atoms with E-state index in [1.165, 1.54) is 4.90 Å². The normalized spacial score (nSPS) is 18.4. The van der Waals surface area contributed by atoms with Crippen molar-refractivity contribution in [1.82, 2.24) is 20.4 Å². The predicted molar refractivity (Wildman–Crippen MR) is 70.5 cm³/mol. The summed E-state index contributed by atoms with van der Waals surface area (Å²) in [4.78, 5) is 37.6. The lowest BCUT2D eigenvalue weighted by molar-refractivity contribution is -0.127. The molecule has 108 valence electrons. The number of hydrogen-bond acceptors (Lipinski definition) is 3. The van der Waals surface area contributed by atoms with E-state index < -0.39 is 0 Å². The first kappa shape index (κ1) is 15.3. The van der Waals surface area contributed by atoms with Gasteiger partial charge in [0.1, 0.15) is 0 Å². The van der Waals surface area contributed by atoms with Crippen molar-refractivity contribution in [2.24, 2.45) is 0 Å². The molecule has 0 radical (unpaired) electrons. The highest BCUT2D eigenvalue weighted by Gasteiger charge is 2.29. The van der Waals surface area contributed by atoms with Gasteiger partial charge in [-0.25, -0.2) is 4.79 Å². The second kappa shape index (κ2) is 6.96. The Balaban J connectivity index is 2.30. The van der Waals surface area contributed by atoms with Gasteiger partial charge >= 0.3 is 6.03 Å². The lowest BCUT2D eigenvalue weighted by Crippen LogP contribution is -2.45. The van der Waals surface area contributed by atoms with Gasteiger partial charge < -0.3 is 20.4 Å². The van der Waals surface area contributed by atoms with E-state index in [9.17, 15) is 14.4 Å². The Morgan fingerprint density at radius 1 is 1.42 bits per heavy atom. The fraction of sp³-hybridized carbons (Fsp3) is 0.750. The number of carbonyl (C=O) groups excluding carboxylic acids is 3. The Bertz CT molecular complexity index is 357. The number of nitrogens with zero attached hydrogens (tertiary/aromatic N) is 2. The lowest BCUT2D eigenvalue weighted by atomic mass is 10.2. The molecule has 1 atom stereocenters. The second-order valence-corrected chi connectivity index (χ2v) is 4.86. The van der Waals surface area contributed by atoms with Crippen molar-refractivity contribution in [3.63, 3.8) is 0 Å². The third-order valence-corrected chi connectivity index (χ3v) is 2.88. The summed E-state index contributed by atoms with van der Waals surface area (Å²) in [6.07, 6.45) is 1.25. The van der Waals surface area contributed by atoms with Crippen LogP contribution in [0.4, 0.5) is 4.79 Å². The molecule has 0 aromatic carbocycles. The zero-order chi connectivity index (χ0) is 14.4. The number of rotatable bonds is 5. The number of carbonyl (C=O) groups is 3. The third kappa shape index (κ3) is 4.76. The maximum atomic E-state index is 11.6. The Morgan fingerprint density at radius 2 is 2.11 bits per heavy atom. The summed E-state index contributed by atoms with van der Waals surface area (Å²) in [6, 6.07) is -0.465. The van der Waals surface area contributed by atoms with E-state index >= 15 is 0 Å². The Hall–Kier alpha value is -1.79. The molecule has 7 heteroatoms. The highest BCUT2D eigenvalue weighted by Crippen LogP contribution is 2.11. The van der Waals surface area contributed by atoms with E-state index in [1.807, 2.05) is 6.92 Å². The molecule has 19 heavy (non-hydrogen) atoms. The molecule has 2 N–H and O–H groups in total. The van der Waals surface area contributed by atoms with Gasteiger partial charge in [0.25, 0.3) is 0 Å². The average molecular weight is 270 g/mol. The average Bonchev–Trinajstić information content (AvgIpc) is 2.67. The Labute approximate surface area is 113 Å². The van der Waals surface area contributed by atoms with Crippen LogP contribution in [0.2, 0.25) is 0 Å². The quantitative estimate of drug-likeness (QED) is 0.699. The summed E-state index contributed by atoms with van der Waals surface area (Å²) in [5.74, 6) is -0.198. The molecule has 1 aliphatic heterocycles. The number of urea groups is 1. The van der Waals surface area contributed by atoms with Crippen molar-refractivity contribution in [3.8, 4) is 0 Å². The first-order chi connectivity index (χ1) is 8.93. The van der Waals surface area contributed by atoms with Crippen molar-refractivity contribution >= 4 is 17.8 Å². The van der Waals surface area contributed by atoms with Gasteiger partial charge in [-0.2, -0.15) is 0 Å². The molecule has 0 bridgehead atoms. The first-order valence-electron chi connectivity index (χ1n) is 6.46. The van der Waals surface area contributed by atoms with Crippen LogP contribution in [0.3, 0.4) is 0 Å². The topological polar surface area (TPSA) is 81.8 Å². The van der Waals surface area contributed by atoms with Gasteiger partial charge in [0.05, 0.1) is 12.6 Å². The summed E-state index contributed by atoms with van der Waals surface area (Å²) < 4.78 is 0. The molecule has 1 fully saturated rings. The molecule has 1 heterocycles. The van der Waals surface area contributed by atoms with Gasteiger partial charge in [-0.15, -0.1) is 0 Å². The maximum absolute atomic E-state index is 11.6. The van der Waals surface area contributed by atoms with Crippen LogP contribution in [0.5, 0.6) is 0 Å². The van der Waals surface area contributed by atoms with E-state index in [4.69, 9.17) is 0 Å². The van der Waals surface area contributed by atoms with Crippen molar-refractivity contribution in [1.29, 1.82) is 0 Å². The minimum atomic E-state index is -0.315. The van der Waals surface area contributed by atoms with Gasteiger partial charge in [-0.05, 0) is 6.42 Å². The number of nitrogens with one attached hydrogen (secondary N) is 2. The Kier molecular flexibility index (Phi) is 5.59. The van der Waals surface area contributed by atoms with Crippen molar-refractivity contribution < 1.29 is 14.4 Å². The molecule has 1 aliphatic rings. The molecule has 0 spiro atoms. The number of likely N-dealkylation sites (tertiary alicyclic amines) is 1. The second-order valence-electron chi connectivity index (χ2n) is 4.86. The van der Waals surface area contributed by atoms with E-state index in [1.54, 1.807) is 19.0 Å². The van der Waals surface area contributed by atoms with Crippen molar-refractivity contribution in [3.05, 3.63) is 0 Å². The maximum Gasteiger partial charge on any atom is 0.317 e. The van der Waals surface area contributed by atoms with E-state index in [0.717, 1.165) is 13.0 Å². The van der Waals surface area contributed by atoms with Gasteiger partial charge in [0.2, 0.25) is 11.8 Å². The molecule has 0 aliphatic carbocycles. The molecular formula is C12H22N4O3. The summed E-state index contributed by atoms with van der Waals surface area (Å²) in [5.41, 5.74) is 0. The minimum absolute atomic E-state index is 0.0736. The monoisotopic (exact) mass is 270 g/mol. The van der Waals surface area contributed by atoms with Gasteiger partial charge in [-0.1, -0.05) is 6.92 Å². The van der Waals surface area contributed by atoms with Crippen LogP contribution < -0.4 is 10.6 Å². The van der Waals surface area contributed by atoms with Gasteiger partial charge in [0.15, 0.2) is 0 Å². The molecular weight excluding hydrogens is 248 g/mol. The lowest BCUT2D eigenvalue weighted by Gasteiger charge is -2.16. The van der Waals surface area contributed by atoms with Gasteiger partial charge in [0, 0.05) is 33.6 Å². The van der Waals surface area contributed by atoms with Crippen molar-refractivity contribution in [2.45, 2.75) is 25.8 Å². The Morgan fingerprint density at radius 3 is 2.68 bits per heavy atom. The van der Waals surface area contributed by atoms with Crippen LogP contribution in [0, 0.1) is 0 Å². The summed E-state index contributed by atoms with van der Waals surface area (Å²) in [6.45, 7) is 3.22. The summed E-state index contributed by atoms with van der Waals surface area (Å²) in [7, 11) is 3.21. The van der Waals surface area contributed by atoms with E-state index in [2.05, 4.69) is 10.6 Å². The van der Waals surface area contributed by atoms with Crippen LogP contribution in [0.25, 0.3) is 0 Å². The largest absolute Gasteiger partial charge is 0.350 e. The molecule has 1 saturated heterocycles. The highest BCUT2D eigenvalue weighted by molar-refractivity contribution is 5.85. The molecule has 7 nitrogen and oxygen atoms in total. The molecule has 0 aromatic rings. The van der Waals surface area contributed by atoms with Crippen LogP contribution in [0.1, 0.15) is 19.8 Å². The zero-order valence-corrected chi connectivity index (χ0v) is 11.7. The smallest absolute Gasteiger partial charge is 0.317 e. The molecule has 4 amide bonds. The SMILES string of the molecule is CCCN1C[C@@H](NC(=O)CNC(=O)N(C)C)CC1=O. The number of amides is 4. The summed E-state index contributed by atoms with van der Waals surface area (Å²) in [5, 5.41) is 5.24. The molecule has 0 saturated carbocycles. The van der Waals surface area contributed by atoms with E-state index in [0.29, 0.717) is 13.0 Å². The fourth-order valence-corrected chi connectivity index (χ4v) is 1.95. The third-order valence-electron chi connectivity index (χ3n) is 2.88. The van der Waals surface area contributed by atoms with Crippen LogP contribution in [-0.2, 0) is 9.59 Å². The molecule has 1 rings (SSSR count). The minimum Gasteiger partial charge on any atom is -0.350 e. The van der Waals surface area contributed by atoms with Crippen LogP contribution in [-0.4, -0.2) is 67.4 Å². The zero-order valence-electron chi connectivity index (χ0n) is 11.7. The first-order valence-corrected chi connectivity index (χ1v) is 6.46. The summed E-state index contributed by atoms with van der Waals surface area (Å²) >= 11 is 0. The van der Waals surface area contributed by atoms with Crippen LogP contribution >= 0.6 is 0 Å². The predicted octanol–water partition coefficient (Wildman–Crippen LogP) is -0.615. The molecule has 0 unspecified atom stereocenters. The van der Waals surface area contributed by atoms with E-state index in [-0.39, 0.29) is 30.4 Å². The highest BCUT2D eigenvalue weighted by atomic mass is 16.2. The van der Waals surface area contributed by atoms with Gasteiger partial charge in [-0.3, -0.25) is 9.59 Å². The number of hydrogen-bond donors (Lipinski definition) is 2. The van der Waals surface area contributed by atoms with Crippen molar-refractivity contribution in [2.75, 3.05) is 33.7 Å². The van der Waals surface area contributed by atoms with Crippen LogP contribution in [0.15, 0.2) is 0 Å².